The largest absolute Gasteiger partial charge is 0.462 e. The van der Waals surface area contributed by atoms with Gasteiger partial charge in [-0.3, -0.25) is 14.4 Å². The van der Waals surface area contributed by atoms with Crippen molar-refractivity contribution in [1.82, 2.24) is 0 Å². The summed E-state index contributed by atoms with van der Waals surface area (Å²) in [5, 5.41) is 0. The van der Waals surface area contributed by atoms with Gasteiger partial charge in [0.1, 0.15) is 13.2 Å². The Morgan fingerprint density at radius 3 is 1.23 bits per heavy atom. The normalized spacial score (nSPS) is 12.8. The van der Waals surface area contributed by atoms with E-state index in [4.69, 9.17) is 14.2 Å². The van der Waals surface area contributed by atoms with Gasteiger partial charge < -0.3 is 14.2 Å². The molecular formula is C54H90O6. The predicted octanol–water partition coefficient (Wildman–Crippen LogP) is 16.0. The summed E-state index contributed by atoms with van der Waals surface area (Å²) >= 11 is 0. The van der Waals surface area contributed by atoms with Crippen molar-refractivity contribution in [2.45, 2.75) is 226 Å². The van der Waals surface area contributed by atoms with E-state index in [0.717, 1.165) is 96.3 Å². The zero-order valence-electron chi connectivity index (χ0n) is 38.9. The molecule has 0 aromatic carbocycles. The number of rotatable bonds is 43. The van der Waals surface area contributed by atoms with E-state index in [0.29, 0.717) is 19.3 Å². The summed E-state index contributed by atoms with van der Waals surface area (Å²) in [5.41, 5.74) is 0. The lowest BCUT2D eigenvalue weighted by Gasteiger charge is -2.18. The highest BCUT2D eigenvalue weighted by Gasteiger charge is 2.19. The Labute approximate surface area is 369 Å². The summed E-state index contributed by atoms with van der Waals surface area (Å²) in [6.07, 6.45) is 61.4. The third kappa shape index (κ3) is 45.7. The zero-order chi connectivity index (χ0) is 43.7. The molecule has 0 bridgehead atoms. The van der Waals surface area contributed by atoms with Gasteiger partial charge in [0.05, 0.1) is 0 Å². The molecule has 0 aliphatic rings. The number of hydrogen-bond acceptors (Lipinski definition) is 6. The molecule has 0 saturated heterocycles. The molecule has 0 aromatic rings. The second-order valence-electron chi connectivity index (χ2n) is 16.1. The SMILES string of the molecule is CC/C=C\C/C=C\CCCCC(=O)OCC(COC(=O)CCCCCCC\C=C/C=C\C=C/C=C\CCCCC)OC(=O)CCCCCCCCC/C=C\CCCCCC. The summed E-state index contributed by atoms with van der Waals surface area (Å²) in [5.74, 6) is -0.969. The molecule has 0 aliphatic heterocycles. The van der Waals surface area contributed by atoms with Crippen LogP contribution in [0.5, 0.6) is 0 Å². The van der Waals surface area contributed by atoms with Crippen molar-refractivity contribution in [2.24, 2.45) is 0 Å². The van der Waals surface area contributed by atoms with Crippen LogP contribution in [0.4, 0.5) is 0 Å². The molecule has 6 nitrogen and oxygen atoms in total. The molecule has 0 fully saturated rings. The Morgan fingerprint density at radius 2 is 0.717 bits per heavy atom. The number of esters is 3. The standard InChI is InChI=1S/C54H90O6/c1-4-7-10-13-16-19-21-23-25-26-27-29-30-32-35-38-41-44-47-53(56)59-50-51(49-58-52(55)46-43-40-37-34-18-15-12-9-6-3)60-54(57)48-45-42-39-36-33-31-28-24-22-20-17-14-11-8-5-2/h9,12,16,18-23,25-27,29,34,51H,4-8,10-11,13-15,17,24,28,30-33,35-50H2,1-3H3/b12-9-,19-16-,22-20-,23-21-,26-25-,29-27-,34-18-. The van der Waals surface area contributed by atoms with E-state index < -0.39 is 6.10 Å². The summed E-state index contributed by atoms with van der Waals surface area (Å²) in [6, 6.07) is 0. The van der Waals surface area contributed by atoms with Crippen LogP contribution in [0.1, 0.15) is 220 Å². The van der Waals surface area contributed by atoms with Crippen LogP contribution in [0.25, 0.3) is 0 Å². The monoisotopic (exact) mass is 835 g/mol. The second-order valence-corrected chi connectivity index (χ2v) is 16.1. The maximum Gasteiger partial charge on any atom is 0.306 e. The fourth-order valence-corrected chi connectivity index (χ4v) is 6.48. The highest BCUT2D eigenvalue weighted by molar-refractivity contribution is 5.71. The molecule has 0 radical (unpaired) electrons. The Hall–Kier alpha value is -3.41. The first-order valence-electron chi connectivity index (χ1n) is 24.6. The van der Waals surface area contributed by atoms with Gasteiger partial charge in [0.25, 0.3) is 0 Å². The Balaban J connectivity index is 4.42. The van der Waals surface area contributed by atoms with Gasteiger partial charge in [0, 0.05) is 19.3 Å². The van der Waals surface area contributed by atoms with Crippen LogP contribution in [0.3, 0.4) is 0 Å². The van der Waals surface area contributed by atoms with Crippen LogP contribution in [0, 0.1) is 0 Å². The average Bonchev–Trinajstić information content (AvgIpc) is 3.24. The van der Waals surface area contributed by atoms with Crippen molar-refractivity contribution in [3.8, 4) is 0 Å². The number of carbonyl (C=O) groups excluding carboxylic acids is 3. The van der Waals surface area contributed by atoms with Crippen LogP contribution in [-0.2, 0) is 28.6 Å². The smallest absolute Gasteiger partial charge is 0.306 e. The van der Waals surface area contributed by atoms with E-state index in [1.807, 2.05) is 0 Å². The minimum atomic E-state index is -0.800. The van der Waals surface area contributed by atoms with Crippen LogP contribution in [-0.4, -0.2) is 37.2 Å². The highest BCUT2D eigenvalue weighted by atomic mass is 16.6. The van der Waals surface area contributed by atoms with Gasteiger partial charge in [-0.15, -0.1) is 0 Å². The fraction of sp³-hybridized carbons (Fsp3) is 0.685. The van der Waals surface area contributed by atoms with Crippen molar-refractivity contribution in [2.75, 3.05) is 13.2 Å². The Morgan fingerprint density at radius 1 is 0.367 bits per heavy atom. The highest BCUT2D eigenvalue weighted by Crippen LogP contribution is 2.13. The van der Waals surface area contributed by atoms with Crippen LogP contribution >= 0.6 is 0 Å². The van der Waals surface area contributed by atoms with Crippen LogP contribution in [0.15, 0.2) is 85.1 Å². The molecule has 0 aromatic heterocycles. The summed E-state index contributed by atoms with van der Waals surface area (Å²) in [7, 11) is 0. The van der Waals surface area contributed by atoms with Crippen molar-refractivity contribution < 1.29 is 28.6 Å². The molecule has 60 heavy (non-hydrogen) atoms. The van der Waals surface area contributed by atoms with E-state index in [2.05, 4.69) is 106 Å². The molecule has 0 heterocycles. The van der Waals surface area contributed by atoms with Crippen molar-refractivity contribution >= 4 is 17.9 Å². The van der Waals surface area contributed by atoms with E-state index in [-0.39, 0.29) is 31.1 Å². The molecule has 1 atom stereocenters. The third-order valence-electron chi connectivity index (χ3n) is 10.2. The maximum absolute atomic E-state index is 12.8. The van der Waals surface area contributed by atoms with Gasteiger partial charge >= 0.3 is 17.9 Å². The second kappa shape index (κ2) is 48.3. The van der Waals surface area contributed by atoms with Gasteiger partial charge in [0.15, 0.2) is 6.10 Å². The molecule has 6 heteroatoms. The quantitative estimate of drug-likeness (QED) is 0.0200. The number of unbranched alkanes of at least 4 members (excludes halogenated alkanes) is 21. The van der Waals surface area contributed by atoms with Crippen molar-refractivity contribution in [3.63, 3.8) is 0 Å². The van der Waals surface area contributed by atoms with Gasteiger partial charge in [-0.05, 0) is 96.3 Å². The topological polar surface area (TPSA) is 78.9 Å². The van der Waals surface area contributed by atoms with Gasteiger partial charge in [-0.2, -0.15) is 0 Å². The number of allylic oxidation sites excluding steroid dienone is 14. The molecular weight excluding hydrogens is 745 g/mol. The number of hydrogen-bond donors (Lipinski definition) is 0. The van der Waals surface area contributed by atoms with Crippen molar-refractivity contribution in [1.29, 1.82) is 0 Å². The van der Waals surface area contributed by atoms with Gasteiger partial charge in [0.2, 0.25) is 0 Å². The first-order chi connectivity index (χ1) is 29.5. The molecule has 0 N–H and O–H groups in total. The molecule has 0 saturated carbocycles. The van der Waals surface area contributed by atoms with E-state index in [1.165, 1.54) is 83.5 Å². The third-order valence-corrected chi connectivity index (χ3v) is 10.2. The fourth-order valence-electron chi connectivity index (χ4n) is 6.48. The lowest BCUT2D eigenvalue weighted by Crippen LogP contribution is -2.30. The molecule has 1 unspecified atom stereocenters. The summed E-state index contributed by atoms with van der Waals surface area (Å²) in [6.45, 7) is 6.39. The molecule has 0 aliphatic carbocycles. The lowest BCUT2D eigenvalue weighted by atomic mass is 10.1. The Kier molecular flexibility index (Phi) is 45.5. The van der Waals surface area contributed by atoms with E-state index >= 15 is 0 Å². The van der Waals surface area contributed by atoms with E-state index in [9.17, 15) is 14.4 Å². The zero-order valence-corrected chi connectivity index (χ0v) is 38.9. The first kappa shape index (κ1) is 56.6. The molecule has 0 amide bonds. The number of ether oxygens (including phenoxy) is 3. The van der Waals surface area contributed by atoms with Gasteiger partial charge in [-0.1, -0.05) is 189 Å². The molecule has 342 valence electrons. The first-order valence-corrected chi connectivity index (χ1v) is 24.6. The lowest BCUT2D eigenvalue weighted by molar-refractivity contribution is -0.167. The van der Waals surface area contributed by atoms with Gasteiger partial charge in [-0.25, -0.2) is 0 Å². The maximum atomic E-state index is 12.8. The summed E-state index contributed by atoms with van der Waals surface area (Å²) < 4.78 is 16.7. The summed E-state index contributed by atoms with van der Waals surface area (Å²) in [4.78, 5) is 37.8. The Bertz CT molecular complexity index is 1190. The van der Waals surface area contributed by atoms with E-state index in [1.54, 1.807) is 0 Å². The van der Waals surface area contributed by atoms with Crippen LogP contribution < -0.4 is 0 Å². The predicted molar refractivity (Wildman–Crippen MR) is 256 cm³/mol. The molecule has 0 rings (SSSR count). The minimum absolute atomic E-state index is 0.102. The number of carbonyl (C=O) groups is 3. The molecule has 0 spiro atoms. The van der Waals surface area contributed by atoms with Crippen molar-refractivity contribution in [3.05, 3.63) is 85.1 Å². The van der Waals surface area contributed by atoms with Crippen LogP contribution in [0.2, 0.25) is 0 Å². The average molecular weight is 835 g/mol. The minimum Gasteiger partial charge on any atom is -0.462 e.